The van der Waals surface area contributed by atoms with E-state index in [4.69, 9.17) is 0 Å². The number of nitrogens with zero attached hydrogens (tertiary/aromatic N) is 1. The summed E-state index contributed by atoms with van der Waals surface area (Å²) in [5.41, 5.74) is 2.31. The quantitative estimate of drug-likeness (QED) is 0.723. The summed E-state index contributed by atoms with van der Waals surface area (Å²) in [5.74, 6) is 0.0321. The van der Waals surface area contributed by atoms with E-state index in [-0.39, 0.29) is 5.91 Å². The number of hydrogen-bond donors (Lipinski definition) is 2. The van der Waals surface area contributed by atoms with E-state index in [0.717, 1.165) is 11.4 Å². The second kappa shape index (κ2) is 6.78. The van der Waals surface area contributed by atoms with Crippen LogP contribution in [0.2, 0.25) is 0 Å². The van der Waals surface area contributed by atoms with Gasteiger partial charge in [0.2, 0.25) is 0 Å². The van der Waals surface area contributed by atoms with Crippen LogP contribution in [0.15, 0.2) is 60.9 Å². The standard InChI is InChI=1S/C18H15N3O3/c1-24-18(23)14-3-2-4-15(11-14)21-17(22)13-7-5-12(6-8-13)16-19-9-10-20-16/h2-11H,1H3,(H,19,20)(H,21,22). The van der Waals surface area contributed by atoms with Crippen molar-refractivity contribution in [2.75, 3.05) is 12.4 Å². The molecule has 24 heavy (non-hydrogen) atoms. The molecular weight excluding hydrogens is 306 g/mol. The number of anilines is 1. The van der Waals surface area contributed by atoms with Crippen LogP contribution in [0.3, 0.4) is 0 Å². The number of aromatic nitrogens is 2. The molecule has 1 amide bonds. The number of H-pyrrole nitrogens is 1. The van der Waals surface area contributed by atoms with Gasteiger partial charge in [0.1, 0.15) is 5.82 Å². The summed E-state index contributed by atoms with van der Waals surface area (Å²) in [5, 5.41) is 2.76. The summed E-state index contributed by atoms with van der Waals surface area (Å²) in [6, 6.07) is 13.7. The average Bonchev–Trinajstić information content (AvgIpc) is 3.16. The largest absolute Gasteiger partial charge is 0.465 e. The first kappa shape index (κ1) is 15.5. The van der Waals surface area contributed by atoms with Gasteiger partial charge in [-0.25, -0.2) is 9.78 Å². The summed E-state index contributed by atoms with van der Waals surface area (Å²) >= 11 is 0. The molecule has 120 valence electrons. The van der Waals surface area contributed by atoms with Crippen molar-refractivity contribution in [3.63, 3.8) is 0 Å². The zero-order valence-electron chi connectivity index (χ0n) is 12.9. The minimum atomic E-state index is -0.450. The maximum absolute atomic E-state index is 12.3. The Morgan fingerprint density at radius 3 is 2.54 bits per heavy atom. The molecule has 0 bridgehead atoms. The molecule has 3 rings (SSSR count). The van der Waals surface area contributed by atoms with Crippen LogP contribution >= 0.6 is 0 Å². The zero-order chi connectivity index (χ0) is 16.9. The lowest BCUT2D eigenvalue weighted by molar-refractivity contribution is 0.0600. The summed E-state index contributed by atoms with van der Waals surface area (Å²) in [6.45, 7) is 0. The Morgan fingerprint density at radius 2 is 1.88 bits per heavy atom. The molecule has 2 N–H and O–H groups in total. The molecule has 6 nitrogen and oxygen atoms in total. The van der Waals surface area contributed by atoms with Crippen LogP contribution in [0.4, 0.5) is 5.69 Å². The van der Waals surface area contributed by atoms with Gasteiger partial charge in [0.15, 0.2) is 0 Å². The Balaban J connectivity index is 1.74. The molecule has 0 fully saturated rings. The summed E-state index contributed by atoms with van der Waals surface area (Å²) in [4.78, 5) is 31.0. The number of amides is 1. The van der Waals surface area contributed by atoms with Crippen LogP contribution in [-0.4, -0.2) is 29.0 Å². The Labute approximate surface area is 138 Å². The van der Waals surface area contributed by atoms with Gasteiger partial charge >= 0.3 is 5.97 Å². The number of esters is 1. The van der Waals surface area contributed by atoms with Gasteiger partial charge < -0.3 is 15.0 Å². The number of hydrogen-bond acceptors (Lipinski definition) is 4. The van der Waals surface area contributed by atoms with Crippen LogP contribution in [-0.2, 0) is 4.74 Å². The monoisotopic (exact) mass is 321 g/mol. The normalized spacial score (nSPS) is 10.2. The van der Waals surface area contributed by atoms with Crippen molar-refractivity contribution < 1.29 is 14.3 Å². The second-order valence-electron chi connectivity index (χ2n) is 5.04. The molecule has 1 aromatic heterocycles. The van der Waals surface area contributed by atoms with Crippen molar-refractivity contribution in [3.8, 4) is 11.4 Å². The molecule has 0 spiro atoms. The molecule has 0 atom stereocenters. The van der Waals surface area contributed by atoms with Crippen LogP contribution in [0, 0.1) is 0 Å². The number of imidazole rings is 1. The third-order valence-corrected chi connectivity index (χ3v) is 3.46. The molecule has 0 aliphatic carbocycles. The van der Waals surface area contributed by atoms with E-state index in [0.29, 0.717) is 16.8 Å². The van der Waals surface area contributed by atoms with E-state index in [2.05, 4.69) is 20.0 Å². The van der Waals surface area contributed by atoms with Gasteiger partial charge in [0.05, 0.1) is 12.7 Å². The highest BCUT2D eigenvalue weighted by atomic mass is 16.5. The number of ether oxygens (including phenoxy) is 1. The smallest absolute Gasteiger partial charge is 0.337 e. The lowest BCUT2D eigenvalue weighted by Gasteiger charge is -2.07. The van der Waals surface area contributed by atoms with E-state index in [9.17, 15) is 9.59 Å². The third kappa shape index (κ3) is 3.33. The summed E-state index contributed by atoms with van der Waals surface area (Å²) < 4.78 is 4.67. The Morgan fingerprint density at radius 1 is 1.08 bits per heavy atom. The topological polar surface area (TPSA) is 84.1 Å². The van der Waals surface area contributed by atoms with Crippen molar-refractivity contribution in [3.05, 3.63) is 72.1 Å². The molecule has 0 aliphatic heterocycles. The maximum atomic E-state index is 12.3. The predicted octanol–water partition coefficient (Wildman–Crippen LogP) is 3.12. The van der Waals surface area contributed by atoms with Crippen LogP contribution in [0.1, 0.15) is 20.7 Å². The van der Waals surface area contributed by atoms with Crippen molar-refractivity contribution >= 4 is 17.6 Å². The van der Waals surface area contributed by atoms with Gasteiger partial charge in [-0.15, -0.1) is 0 Å². The van der Waals surface area contributed by atoms with Gasteiger partial charge in [-0.1, -0.05) is 18.2 Å². The fourth-order valence-corrected chi connectivity index (χ4v) is 2.25. The number of methoxy groups -OCH3 is 1. The highest BCUT2D eigenvalue weighted by Crippen LogP contribution is 2.17. The zero-order valence-corrected chi connectivity index (χ0v) is 12.9. The first-order valence-corrected chi connectivity index (χ1v) is 7.27. The predicted molar refractivity (Wildman–Crippen MR) is 89.8 cm³/mol. The van der Waals surface area contributed by atoms with Crippen LogP contribution in [0.25, 0.3) is 11.4 Å². The van der Waals surface area contributed by atoms with E-state index < -0.39 is 5.97 Å². The van der Waals surface area contributed by atoms with Gasteiger partial charge in [-0.3, -0.25) is 4.79 Å². The van der Waals surface area contributed by atoms with Gasteiger partial charge in [-0.05, 0) is 30.3 Å². The summed E-state index contributed by atoms with van der Waals surface area (Å²) in [6.07, 6.45) is 3.41. The molecule has 0 saturated carbocycles. The molecule has 3 aromatic rings. The van der Waals surface area contributed by atoms with E-state index in [1.54, 1.807) is 48.8 Å². The molecule has 0 aliphatic rings. The van der Waals surface area contributed by atoms with Crippen molar-refractivity contribution in [2.45, 2.75) is 0 Å². The highest BCUT2D eigenvalue weighted by Gasteiger charge is 2.10. The number of nitrogens with one attached hydrogen (secondary N) is 2. The maximum Gasteiger partial charge on any atom is 0.337 e. The van der Waals surface area contributed by atoms with Crippen LogP contribution < -0.4 is 5.32 Å². The molecule has 6 heteroatoms. The molecular formula is C18H15N3O3. The first-order chi connectivity index (χ1) is 11.7. The minimum Gasteiger partial charge on any atom is -0.465 e. The van der Waals surface area contributed by atoms with Crippen molar-refractivity contribution in [1.29, 1.82) is 0 Å². The van der Waals surface area contributed by atoms with E-state index in [1.165, 1.54) is 7.11 Å². The molecule has 1 heterocycles. The number of benzene rings is 2. The van der Waals surface area contributed by atoms with Gasteiger partial charge in [-0.2, -0.15) is 0 Å². The number of aromatic amines is 1. The SMILES string of the molecule is COC(=O)c1cccc(NC(=O)c2ccc(-c3ncc[nH]3)cc2)c1. The fourth-order valence-electron chi connectivity index (χ4n) is 2.25. The molecule has 0 saturated heterocycles. The van der Waals surface area contributed by atoms with Crippen molar-refractivity contribution in [2.24, 2.45) is 0 Å². The second-order valence-corrected chi connectivity index (χ2v) is 5.04. The Bertz CT molecular complexity index is 855. The number of carbonyl (C=O) groups is 2. The third-order valence-electron chi connectivity index (χ3n) is 3.46. The molecule has 0 unspecified atom stereocenters. The van der Waals surface area contributed by atoms with E-state index >= 15 is 0 Å². The van der Waals surface area contributed by atoms with Crippen LogP contribution in [0.5, 0.6) is 0 Å². The number of rotatable bonds is 4. The lowest BCUT2D eigenvalue weighted by Crippen LogP contribution is -2.12. The van der Waals surface area contributed by atoms with Gasteiger partial charge in [0, 0.05) is 29.2 Å². The Kier molecular flexibility index (Phi) is 4.38. The average molecular weight is 321 g/mol. The van der Waals surface area contributed by atoms with Gasteiger partial charge in [0.25, 0.3) is 5.91 Å². The number of carbonyl (C=O) groups excluding carboxylic acids is 2. The van der Waals surface area contributed by atoms with Crippen molar-refractivity contribution in [1.82, 2.24) is 9.97 Å². The minimum absolute atomic E-state index is 0.261. The Hall–Kier alpha value is -3.41. The fraction of sp³-hybridized carbons (Fsp3) is 0.0556. The highest BCUT2D eigenvalue weighted by molar-refractivity contribution is 6.05. The lowest BCUT2D eigenvalue weighted by atomic mass is 10.1. The molecule has 2 aromatic carbocycles. The van der Waals surface area contributed by atoms with E-state index in [1.807, 2.05) is 12.1 Å². The first-order valence-electron chi connectivity index (χ1n) is 7.27. The molecule has 0 radical (unpaired) electrons. The summed E-state index contributed by atoms with van der Waals surface area (Å²) in [7, 11) is 1.31.